The van der Waals surface area contributed by atoms with Crippen LogP contribution in [0.1, 0.15) is 17.8 Å². The molecule has 0 radical (unpaired) electrons. The lowest BCUT2D eigenvalue weighted by Gasteiger charge is -2.28. The van der Waals surface area contributed by atoms with Gasteiger partial charge in [0.2, 0.25) is 0 Å². The molecule has 0 aliphatic carbocycles. The van der Waals surface area contributed by atoms with Crippen molar-refractivity contribution in [3.8, 4) is 0 Å². The first kappa shape index (κ1) is 11.6. The van der Waals surface area contributed by atoms with Crippen LogP contribution in [0, 0.1) is 12.8 Å². The standard InChI is InChI=1S/C13H21N3/c1-11-4-3-5-13(15-11)10-16(2)7-6-12-8-14-9-12/h3-5,12,14H,6-10H2,1-2H3. The van der Waals surface area contributed by atoms with Crippen molar-refractivity contribution in [2.45, 2.75) is 19.9 Å². The molecule has 1 N–H and O–H groups in total. The van der Waals surface area contributed by atoms with Crippen molar-refractivity contribution in [1.29, 1.82) is 0 Å². The molecule has 1 aromatic rings. The summed E-state index contributed by atoms with van der Waals surface area (Å²) in [5.74, 6) is 0.896. The van der Waals surface area contributed by atoms with Gasteiger partial charge in [-0.2, -0.15) is 0 Å². The van der Waals surface area contributed by atoms with Gasteiger partial charge in [-0.1, -0.05) is 6.07 Å². The summed E-state index contributed by atoms with van der Waals surface area (Å²) >= 11 is 0. The van der Waals surface area contributed by atoms with Crippen LogP contribution in [0.4, 0.5) is 0 Å². The minimum atomic E-state index is 0.896. The maximum Gasteiger partial charge on any atom is 0.0547 e. The maximum atomic E-state index is 4.52. The molecule has 0 saturated carbocycles. The van der Waals surface area contributed by atoms with E-state index in [1.165, 1.54) is 31.7 Å². The maximum absolute atomic E-state index is 4.52. The van der Waals surface area contributed by atoms with E-state index in [2.05, 4.69) is 34.4 Å². The van der Waals surface area contributed by atoms with E-state index in [1.807, 2.05) is 13.0 Å². The zero-order valence-corrected chi connectivity index (χ0v) is 10.2. The van der Waals surface area contributed by atoms with Crippen molar-refractivity contribution in [3.63, 3.8) is 0 Å². The number of hydrogen-bond donors (Lipinski definition) is 1. The van der Waals surface area contributed by atoms with E-state index in [1.54, 1.807) is 0 Å². The van der Waals surface area contributed by atoms with Crippen LogP contribution in [-0.4, -0.2) is 36.6 Å². The first-order chi connectivity index (χ1) is 7.74. The molecule has 1 fully saturated rings. The largest absolute Gasteiger partial charge is 0.316 e. The third kappa shape index (κ3) is 3.29. The molecule has 0 atom stereocenters. The molecule has 3 nitrogen and oxygen atoms in total. The van der Waals surface area contributed by atoms with E-state index < -0.39 is 0 Å². The Bertz CT molecular complexity index is 334. The third-order valence-corrected chi connectivity index (χ3v) is 3.16. The van der Waals surface area contributed by atoms with E-state index in [9.17, 15) is 0 Å². The van der Waals surface area contributed by atoms with E-state index in [0.29, 0.717) is 0 Å². The molecular weight excluding hydrogens is 198 g/mol. The van der Waals surface area contributed by atoms with Gasteiger partial charge in [0.05, 0.1) is 5.69 Å². The highest BCUT2D eigenvalue weighted by molar-refractivity contribution is 5.09. The summed E-state index contributed by atoms with van der Waals surface area (Å²) < 4.78 is 0. The van der Waals surface area contributed by atoms with Crippen molar-refractivity contribution < 1.29 is 0 Å². The van der Waals surface area contributed by atoms with Gasteiger partial charge in [-0.25, -0.2) is 0 Å². The number of pyridine rings is 1. The number of nitrogens with one attached hydrogen (secondary N) is 1. The third-order valence-electron chi connectivity index (χ3n) is 3.16. The lowest BCUT2D eigenvalue weighted by molar-refractivity contribution is 0.250. The van der Waals surface area contributed by atoms with Crippen LogP contribution in [0.5, 0.6) is 0 Å². The molecular formula is C13H21N3. The highest BCUT2D eigenvalue weighted by Gasteiger charge is 2.16. The summed E-state index contributed by atoms with van der Waals surface area (Å²) in [5, 5.41) is 3.31. The zero-order valence-electron chi connectivity index (χ0n) is 10.2. The van der Waals surface area contributed by atoms with Gasteiger partial charge in [-0.05, 0) is 58.1 Å². The topological polar surface area (TPSA) is 28.2 Å². The van der Waals surface area contributed by atoms with E-state index in [0.717, 1.165) is 18.2 Å². The quantitative estimate of drug-likeness (QED) is 0.812. The molecule has 3 heteroatoms. The summed E-state index contributed by atoms with van der Waals surface area (Å²) in [6, 6.07) is 6.24. The second-order valence-corrected chi connectivity index (χ2v) is 4.82. The van der Waals surface area contributed by atoms with Crippen LogP contribution in [0.2, 0.25) is 0 Å². The first-order valence-electron chi connectivity index (χ1n) is 6.06. The molecule has 0 aromatic carbocycles. The predicted octanol–water partition coefficient (Wildman–Crippen LogP) is 1.43. The minimum Gasteiger partial charge on any atom is -0.316 e. The van der Waals surface area contributed by atoms with E-state index in [4.69, 9.17) is 0 Å². The van der Waals surface area contributed by atoms with E-state index >= 15 is 0 Å². The van der Waals surface area contributed by atoms with Gasteiger partial charge in [-0.15, -0.1) is 0 Å². The Balaban J connectivity index is 1.75. The summed E-state index contributed by atoms with van der Waals surface area (Å²) in [6.07, 6.45) is 1.30. The number of nitrogens with zero attached hydrogens (tertiary/aromatic N) is 2. The van der Waals surface area contributed by atoms with Crippen LogP contribution >= 0.6 is 0 Å². The van der Waals surface area contributed by atoms with Crippen LogP contribution in [0.3, 0.4) is 0 Å². The Morgan fingerprint density at radius 3 is 2.88 bits per heavy atom. The normalized spacial score (nSPS) is 16.4. The zero-order chi connectivity index (χ0) is 11.4. The van der Waals surface area contributed by atoms with Crippen molar-refractivity contribution in [2.24, 2.45) is 5.92 Å². The molecule has 0 bridgehead atoms. The lowest BCUT2D eigenvalue weighted by Crippen LogP contribution is -2.43. The summed E-state index contributed by atoms with van der Waals surface area (Å²) in [5.41, 5.74) is 2.28. The van der Waals surface area contributed by atoms with Gasteiger partial charge in [0, 0.05) is 12.2 Å². The second-order valence-electron chi connectivity index (χ2n) is 4.82. The molecule has 1 aliphatic rings. The Hall–Kier alpha value is -0.930. The smallest absolute Gasteiger partial charge is 0.0547 e. The van der Waals surface area contributed by atoms with Gasteiger partial charge < -0.3 is 10.2 Å². The SMILES string of the molecule is Cc1cccc(CN(C)CCC2CNC2)n1. The lowest BCUT2D eigenvalue weighted by atomic mass is 9.99. The minimum absolute atomic E-state index is 0.896. The Morgan fingerprint density at radius 2 is 2.25 bits per heavy atom. The predicted molar refractivity (Wildman–Crippen MR) is 66.3 cm³/mol. The van der Waals surface area contributed by atoms with Gasteiger partial charge in [0.25, 0.3) is 0 Å². The molecule has 1 saturated heterocycles. The van der Waals surface area contributed by atoms with Crippen molar-refractivity contribution in [3.05, 3.63) is 29.6 Å². The Labute approximate surface area is 97.9 Å². The molecule has 2 rings (SSSR count). The molecule has 0 spiro atoms. The average Bonchev–Trinajstić information content (AvgIpc) is 2.15. The van der Waals surface area contributed by atoms with Crippen molar-refractivity contribution >= 4 is 0 Å². The fourth-order valence-electron chi connectivity index (χ4n) is 2.00. The molecule has 1 aliphatic heterocycles. The van der Waals surface area contributed by atoms with Crippen LogP contribution in [0.15, 0.2) is 18.2 Å². The molecule has 0 unspecified atom stereocenters. The van der Waals surface area contributed by atoms with E-state index in [-0.39, 0.29) is 0 Å². The Morgan fingerprint density at radius 1 is 1.44 bits per heavy atom. The fourth-order valence-corrected chi connectivity index (χ4v) is 2.00. The van der Waals surface area contributed by atoms with Gasteiger partial charge in [0.15, 0.2) is 0 Å². The molecule has 88 valence electrons. The van der Waals surface area contributed by atoms with Crippen molar-refractivity contribution in [1.82, 2.24) is 15.2 Å². The van der Waals surface area contributed by atoms with Crippen molar-refractivity contribution in [2.75, 3.05) is 26.7 Å². The van der Waals surface area contributed by atoms with Gasteiger partial charge >= 0.3 is 0 Å². The van der Waals surface area contributed by atoms with Crippen LogP contribution in [0.25, 0.3) is 0 Å². The number of hydrogen-bond acceptors (Lipinski definition) is 3. The highest BCUT2D eigenvalue weighted by Crippen LogP contribution is 2.10. The molecule has 16 heavy (non-hydrogen) atoms. The van der Waals surface area contributed by atoms with Crippen LogP contribution < -0.4 is 5.32 Å². The number of aromatic nitrogens is 1. The molecule has 1 aromatic heterocycles. The Kier molecular flexibility index (Phi) is 3.91. The number of aryl methyl sites for hydroxylation is 1. The summed E-state index contributed by atoms with van der Waals surface area (Å²) in [7, 11) is 2.18. The number of rotatable bonds is 5. The average molecular weight is 219 g/mol. The molecule has 0 amide bonds. The summed E-state index contributed by atoms with van der Waals surface area (Å²) in [6.45, 7) is 6.58. The van der Waals surface area contributed by atoms with Gasteiger partial charge in [-0.3, -0.25) is 4.98 Å². The first-order valence-corrected chi connectivity index (χ1v) is 6.06. The second kappa shape index (κ2) is 5.41. The fraction of sp³-hybridized carbons (Fsp3) is 0.615. The monoisotopic (exact) mass is 219 g/mol. The van der Waals surface area contributed by atoms with Crippen LogP contribution in [-0.2, 0) is 6.54 Å². The molecule has 2 heterocycles. The van der Waals surface area contributed by atoms with Gasteiger partial charge in [0.1, 0.15) is 0 Å². The summed E-state index contributed by atoms with van der Waals surface area (Å²) in [4.78, 5) is 6.88. The highest BCUT2D eigenvalue weighted by atomic mass is 15.1.